The Hall–Kier alpha value is -1.36. The average molecular weight is 281 g/mol. The molecule has 0 aromatic heterocycles. The third-order valence-electron chi connectivity index (χ3n) is 2.86. The van der Waals surface area contributed by atoms with Crippen molar-refractivity contribution in [3.05, 3.63) is 36.4 Å². The fourth-order valence-corrected chi connectivity index (χ4v) is 2.48. The fourth-order valence-electron chi connectivity index (χ4n) is 2.07. The Bertz CT molecular complexity index is 464. The van der Waals surface area contributed by atoms with Crippen LogP contribution in [0.15, 0.2) is 41.4 Å². The molecule has 3 aliphatic heterocycles. The molecular formula is C11H9BrN2O2. The van der Waals surface area contributed by atoms with E-state index in [1.165, 1.54) is 12.5 Å². The summed E-state index contributed by atoms with van der Waals surface area (Å²) in [6, 6.07) is 0. The van der Waals surface area contributed by atoms with Crippen LogP contribution in [0, 0.1) is 5.41 Å². The van der Waals surface area contributed by atoms with Crippen LogP contribution in [0.25, 0.3) is 0 Å². The summed E-state index contributed by atoms with van der Waals surface area (Å²) in [6.45, 7) is 0.651. The molecule has 0 aromatic rings. The number of alkyl halides is 1. The number of nitrogens with zero attached hydrogens (tertiary/aromatic N) is 1. The van der Waals surface area contributed by atoms with Gasteiger partial charge < -0.3 is 10.1 Å². The van der Waals surface area contributed by atoms with Crippen LogP contribution < -0.4 is 5.32 Å². The molecule has 1 unspecified atom stereocenters. The van der Waals surface area contributed by atoms with E-state index in [2.05, 4.69) is 26.2 Å². The monoisotopic (exact) mass is 280 g/mol. The zero-order valence-corrected chi connectivity index (χ0v) is 9.90. The van der Waals surface area contributed by atoms with Crippen LogP contribution in [0.4, 0.5) is 0 Å². The number of allylic oxidation sites excluding steroid dienone is 1. The Morgan fingerprint density at radius 2 is 2.25 bits per heavy atom. The normalized spacial score (nSPS) is 29.3. The molecule has 1 spiro atoms. The molecule has 1 saturated heterocycles. The van der Waals surface area contributed by atoms with E-state index in [1.807, 2.05) is 6.08 Å². The first-order valence-corrected chi connectivity index (χ1v) is 5.87. The third-order valence-corrected chi connectivity index (χ3v) is 3.42. The van der Waals surface area contributed by atoms with Crippen LogP contribution in [0.1, 0.15) is 0 Å². The van der Waals surface area contributed by atoms with Crippen LogP contribution in [0.3, 0.4) is 0 Å². The minimum Gasteiger partial charge on any atom is -0.473 e. The van der Waals surface area contributed by atoms with Gasteiger partial charge in [0.2, 0.25) is 5.91 Å². The smallest absolute Gasteiger partial charge is 0.244 e. The van der Waals surface area contributed by atoms with Crippen LogP contribution in [0.5, 0.6) is 0 Å². The molecule has 0 saturated carbocycles. The lowest BCUT2D eigenvalue weighted by Gasteiger charge is -2.22. The molecule has 1 amide bonds. The minimum atomic E-state index is -0.767. The molecule has 1 fully saturated rings. The molecule has 1 N–H and O–H groups in total. The number of carbonyl (C=O) groups excluding carboxylic acids is 1. The first-order valence-electron chi connectivity index (χ1n) is 4.96. The largest absolute Gasteiger partial charge is 0.473 e. The van der Waals surface area contributed by atoms with Crippen LogP contribution >= 0.6 is 15.9 Å². The second-order valence-corrected chi connectivity index (χ2v) is 5.03. The van der Waals surface area contributed by atoms with Crippen molar-refractivity contribution in [3.63, 3.8) is 0 Å². The molecule has 16 heavy (non-hydrogen) atoms. The highest BCUT2D eigenvalue weighted by atomic mass is 79.9. The van der Waals surface area contributed by atoms with Gasteiger partial charge in [-0.15, -0.1) is 0 Å². The van der Waals surface area contributed by atoms with Crippen molar-refractivity contribution in [3.8, 4) is 0 Å². The number of hydrogen-bond donors (Lipinski definition) is 1. The number of fused-ring (bicyclic) bond motifs is 2. The van der Waals surface area contributed by atoms with Gasteiger partial charge in [-0.25, -0.2) is 0 Å². The summed E-state index contributed by atoms with van der Waals surface area (Å²) in [5.41, 5.74) is 0.815. The number of ether oxygens (including phenoxy) is 1. The van der Waals surface area contributed by atoms with Gasteiger partial charge in [0.25, 0.3) is 0 Å². The van der Waals surface area contributed by atoms with Gasteiger partial charge in [-0.1, -0.05) is 15.9 Å². The highest BCUT2D eigenvalue weighted by Gasteiger charge is 2.48. The zero-order valence-electron chi connectivity index (χ0n) is 8.31. The average Bonchev–Trinajstić information content (AvgIpc) is 2.53. The molecule has 5 heteroatoms. The summed E-state index contributed by atoms with van der Waals surface area (Å²) in [7, 11) is 0. The van der Waals surface area contributed by atoms with Gasteiger partial charge in [-0.05, 0) is 18.2 Å². The van der Waals surface area contributed by atoms with Gasteiger partial charge in [0.15, 0.2) is 0 Å². The molecule has 1 atom stereocenters. The van der Waals surface area contributed by atoms with Crippen LogP contribution in [0.2, 0.25) is 0 Å². The topological polar surface area (TPSA) is 50.7 Å². The molecule has 3 aliphatic rings. The van der Waals surface area contributed by atoms with Gasteiger partial charge in [0.05, 0.1) is 35.3 Å². The molecule has 3 rings (SSSR count). The van der Waals surface area contributed by atoms with Crippen molar-refractivity contribution in [2.45, 2.75) is 4.83 Å². The van der Waals surface area contributed by atoms with Crippen molar-refractivity contribution < 1.29 is 9.53 Å². The number of nitrogens with one attached hydrogen (secondary N) is 1. The molecule has 0 bridgehead atoms. The Kier molecular flexibility index (Phi) is 2.04. The second kappa shape index (κ2) is 3.31. The Morgan fingerprint density at radius 1 is 1.50 bits per heavy atom. The molecule has 82 valence electrons. The quantitative estimate of drug-likeness (QED) is 0.680. The van der Waals surface area contributed by atoms with E-state index in [9.17, 15) is 4.79 Å². The second-order valence-electron chi connectivity index (χ2n) is 3.85. The van der Waals surface area contributed by atoms with Crippen molar-refractivity contribution in [1.82, 2.24) is 5.32 Å². The highest BCUT2D eigenvalue weighted by molar-refractivity contribution is 9.09. The molecular weight excluding hydrogens is 272 g/mol. The Labute approximate surface area is 101 Å². The van der Waals surface area contributed by atoms with E-state index >= 15 is 0 Å². The minimum absolute atomic E-state index is 0.0742. The van der Waals surface area contributed by atoms with Crippen LogP contribution in [-0.2, 0) is 9.53 Å². The lowest BCUT2D eigenvalue weighted by atomic mass is 9.82. The zero-order chi connectivity index (χ0) is 11.2. The van der Waals surface area contributed by atoms with E-state index in [1.54, 1.807) is 12.2 Å². The van der Waals surface area contributed by atoms with Crippen molar-refractivity contribution in [1.29, 1.82) is 0 Å². The summed E-state index contributed by atoms with van der Waals surface area (Å²) in [5.74, 6) is -0.0742. The fraction of sp³-hybridized carbons (Fsp3) is 0.273. The Morgan fingerprint density at radius 3 is 3.00 bits per heavy atom. The van der Waals surface area contributed by atoms with E-state index in [0.29, 0.717) is 6.54 Å². The van der Waals surface area contributed by atoms with Crippen molar-refractivity contribution in [2.24, 2.45) is 10.4 Å². The SMILES string of the molecule is O=C1NC2=CC(Br)CN=C2C12C=COC=C2. The number of hydrogen-bond acceptors (Lipinski definition) is 3. The number of amides is 1. The molecule has 0 aliphatic carbocycles. The lowest BCUT2D eigenvalue weighted by molar-refractivity contribution is -0.122. The number of halogens is 1. The maximum Gasteiger partial charge on any atom is 0.244 e. The van der Waals surface area contributed by atoms with Crippen molar-refractivity contribution >= 4 is 27.5 Å². The maximum atomic E-state index is 12.0. The first-order chi connectivity index (χ1) is 7.72. The number of dihydropyridines is 1. The lowest BCUT2D eigenvalue weighted by Crippen LogP contribution is -2.33. The summed E-state index contributed by atoms with van der Waals surface area (Å²) >= 11 is 3.46. The predicted octanol–water partition coefficient (Wildman–Crippen LogP) is 1.26. The maximum absolute atomic E-state index is 12.0. The van der Waals surface area contributed by atoms with E-state index in [4.69, 9.17) is 4.74 Å². The summed E-state index contributed by atoms with van der Waals surface area (Å²) in [4.78, 5) is 16.7. The molecule has 0 aromatic carbocycles. The van der Waals surface area contributed by atoms with E-state index in [0.717, 1.165) is 11.4 Å². The van der Waals surface area contributed by atoms with E-state index < -0.39 is 5.41 Å². The van der Waals surface area contributed by atoms with Gasteiger partial charge in [0.1, 0.15) is 5.41 Å². The summed E-state index contributed by atoms with van der Waals surface area (Å²) < 4.78 is 4.98. The van der Waals surface area contributed by atoms with Crippen LogP contribution in [-0.4, -0.2) is 23.0 Å². The number of carbonyl (C=O) groups is 1. The Balaban J connectivity index is 2.12. The standard InChI is InChI=1S/C11H9BrN2O2/c12-7-5-8-9(13-6-7)11(10(15)14-8)1-3-16-4-2-11/h1-5,7H,6H2,(H,14,15). The van der Waals surface area contributed by atoms with Gasteiger partial charge >= 0.3 is 0 Å². The summed E-state index contributed by atoms with van der Waals surface area (Å²) in [5, 5.41) is 2.85. The van der Waals surface area contributed by atoms with Gasteiger partial charge in [-0.2, -0.15) is 0 Å². The van der Waals surface area contributed by atoms with Crippen molar-refractivity contribution in [2.75, 3.05) is 6.54 Å². The molecule has 4 nitrogen and oxygen atoms in total. The molecule has 3 heterocycles. The predicted molar refractivity (Wildman–Crippen MR) is 63.0 cm³/mol. The number of rotatable bonds is 0. The first kappa shape index (κ1) is 9.84. The summed E-state index contributed by atoms with van der Waals surface area (Å²) in [6.07, 6.45) is 8.48. The van der Waals surface area contributed by atoms with Gasteiger partial charge in [0, 0.05) is 0 Å². The number of aliphatic imine (C=N–C) groups is 1. The van der Waals surface area contributed by atoms with E-state index in [-0.39, 0.29) is 10.7 Å². The molecule has 0 radical (unpaired) electrons. The van der Waals surface area contributed by atoms with Gasteiger partial charge in [-0.3, -0.25) is 9.79 Å². The third kappa shape index (κ3) is 1.21. The highest BCUT2D eigenvalue weighted by Crippen LogP contribution is 2.36.